The van der Waals surface area contributed by atoms with Crippen LogP contribution in [0.4, 0.5) is 0 Å². The summed E-state index contributed by atoms with van der Waals surface area (Å²) in [5.41, 5.74) is 2.25. The van der Waals surface area contributed by atoms with Crippen LogP contribution in [0.2, 0.25) is 0 Å². The van der Waals surface area contributed by atoms with Gasteiger partial charge >= 0.3 is 5.97 Å². The van der Waals surface area contributed by atoms with E-state index in [2.05, 4.69) is 38.1 Å². The number of benzene rings is 1. The Bertz CT molecular complexity index is 476. The van der Waals surface area contributed by atoms with Crippen LogP contribution in [0.3, 0.4) is 0 Å². The van der Waals surface area contributed by atoms with Crippen LogP contribution in [-0.4, -0.2) is 11.4 Å². The largest absolute Gasteiger partial charge is 0.443 e. The van der Waals surface area contributed by atoms with Gasteiger partial charge in [-0.3, -0.25) is 0 Å². The standard InChI is InChI=1S/C17H22O2S/c1-3-4-5-6-7-14-12-16(18)19-17(14)20-15-10-8-13(2)9-11-15/h8-12,17H,3-7H2,1-2H3. The monoisotopic (exact) mass is 290 g/mol. The first-order valence-electron chi connectivity index (χ1n) is 7.33. The molecule has 0 bridgehead atoms. The summed E-state index contributed by atoms with van der Waals surface area (Å²) >= 11 is 1.62. The Kier molecular flexibility index (Phi) is 5.72. The lowest BCUT2D eigenvalue weighted by Gasteiger charge is -2.14. The predicted molar refractivity (Wildman–Crippen MR) is 83.8 cm³/mol. The first kappa shape index (κ1) is 15.2. The highest BCUT2D eigenvalue weighted by Crippen LogP contribution is 2.34. The van der Waals surface area contributed by atoms with Gasteiger partial charge in [0.2, 0.25) is 0 Å². The quantitative estimate of drug-likeness (QED) is 0.529. The Balaban J connectivity index is 1.91. The SMILES string of the molecule is CCCCCCC1=CC(=O)OC1Sc1ccc(C)cc1. The number of carbonyl (C=O) groups excluding carboxylic acids is 1. The maximum atomic E-state index is 11.5. The molecule has 0 spiro atoms. The average molecular weight is 290 g/mol. The Morgan fingerprint density at radius 1 is 1.15 bits per heavy atom. The third-order valence-corrected chi connectivity index (χ3v) is 4.57. The highest BCUT2D eigenvalue weighted by atomic mass is 32.2. The summed E-state index contributed by atoms with van der Waals surface area (Å²) in [7, 11) is 0. The molecule has 0 N–H and O–H groups in total. The normalized spacial score (nSPS) is 18.0. The van der Waals surface area contributed by atoms with Crippen LogP contribution in [0.1, 0.15) is 44.6 Å². The molecule has 1 unspecified atom stereocenters. The molecular formula is C17H22O2S. The van der Waals surface area contributed by atoms with Crippen molar-refractivity contribution in [3.63, 3.8) is 0 Å². The number of carbonyl (C=O) groups is 1. The van der Waals surface area contributed by atoms with Crippen molar-refractivity contribution in [3.8, 4) is 0 Å². The van der Waals surface area contributed by atoms with E-state index in [1.165, 1.54) is 24.8 Å². The molecule has 0 aromatic heterocycles. The summed E-state index contributed by atoms with van der Waals surface area (Å²) < 4.78 is 5.40. The predicted octanol–water partition coefficient (Wildman–Crippen LogP) is 4.87. The molecule has 1 aromatic rings. The van der Waals surface area contributed by atoms with Gasteiger partial charge in [-0.15, -0.1) is 0 Å². The fraction of sp³-hybridized carbons (Fsp3) is 0.471. The summed E-state index contributed by atoms with van der Waals surface area (Å²) in [5.74, 6) is -0.194. The van der Waals surface area contributed by atoms with Gasteiger partial charge in [0.1, 0.15) is 0 Å². The molecule has 0 aliphatic carbocycles. The van der Waals surface area contributed by atoms with E-state index in [0.29, 0.717) is 0 Å². The lowest BCUT2D eigenvalue weighted by Crippen LogP contribution is -2.07. The number of aryl methyl sites for hydroxylation is 1. The van der Waals surface area contributed by atoms with Gasteiger partial charge in [0.15, 0.2) is 5.44 Å². The van der Waals surface area contributed by atoms with E-state index < -0.39 is 0 Å². The summed E-state index contributed by atoms with van der Waals surface area (Å²) in [6.45, 7) is 4.28. The first-order valence-corrected chi connectivity index (χ1v) is 8.21. The molecule has 3 heteroatoms. The number of hydrogen-bond donors (Lipinski definition) is 0. The topological polar surface area (TPSA) is 26.3 Å². The van der Waals surface area contributed by atoms with E-state index in [1.807, 2.05) is 0 Å². The molecule has 2 rings (SSSR count). The van der Waals surface area contributed by atoms with Crippen LogP contribution in [0, 0.1) is 6.92 Å². The maximum Gasteiger partial charge on any atom is 0.332 e. The van der Waals surface area contributed by atoms with Gasteiger partial charge in [0.25, 0.3) is 0 Å². The summed E-state index contributed by atoms with van der Waals surface area (Å²) in [4.78, 5) is 12.6. The van der Waals surface area contributed by atoms with Gasteiger partial charge in [-0.1, -0.05) is 55.6 Å². The lowest BCUT2D eigenvalue weighted by molar-refractivity contribution is -0.136. The van der Waals surface area contributed by atoms with Crippen LogP contribution in [0.15, 0.2) is 40.8 Å². The van der Waals surface area contributed by atoms with Gasteiger partial charge < -0.3 is 4.74 Å². The van der Waals surface area contributed by atoms with E-state index in [1.54, 1.807) is 17.8 Å². The van der Waals surface area contributed by atoms with Crippen molar-refractivity contribution in [1.29, 1.82) is 0 Å². The molecule has 0 saturated heterocycles. The summed E-state index contributed by atoms with van der Waals surface area (Å²) in [6, 6.07) is 8.34. The molecular weight excluding hydrogens is 268 g/mol. The third kappa shape index (κ3) is 4.41. The van der Waals surface area contributed by atoms with Gasteiger partial charge in [-0.05, 0) is 37.5 Å². The Labute approximate surface area is 125 Å². The van der Waals surface area contributed by atoms with Crippen molar-refractivity contribution in [1.82, 2.24) is 0 Å². The zero-order valence-corrected chi connectivity index (χ0v) is 13.0. The number of ether oxygens (including phenoxy) is 1. The molecule has 108 valence electrons. The van der Waals surface area contributed by atoms with Crippen molar-refractivity contribution in [2.24, 2.45) is 0 Å². The number of esters is 1. The van der Waals surface area contributed by atoms with E-state index in [-0.39, 0.29) is 11.4 Å². The van der Waals surface area contributed by atoms with E-state index in [0.717, 1.165) is 23.3 Å². The average Bonchev–Trinajstić information content (AvgIpc) is 2.77. The number of hydrogen-bond acceptors (Lipinski definition) is 3. The molecule has 20 heavy (non-hydrogen) atoms. The summed E-state index contributed by atoms with van der Waals surface area (Å²) in [6.07, 6.45) is 7.51. The fourth-order valence-electron chi connectivity index (χ4n) is 2.22. The number of unbranched alkanes of at least 4 members (excludes halogenated alkanes) is 3. The second-order valence-corrected chi connectivity index (χ2v) is 6.36. The molecule has 1 aliphatic rings. The maximum absolute atomic E-state index is 11.5. The fourth-order valence-corrected chi connectivity index (χ4v) is 3.24. The minimum atomic E-state index is -0.194. The molecule has 2 nitrogen and oxygen atoms in total. The zero-order chi connectivity index (χ0) is 14.4. The van der Waals surface area contributed by atoms with Crippen molar-refractivity contribution < 1.29 is 9.53 Å². The van der Waals surface area contributed by atoms with Gasteiger partial charge in [-0.2, -0.15) is 0 Å². The molecule has 0 saturated carbocycles. The number of rotatable bonds is 7. The molecule has 1 atom stereocenters. The Morgan fingerprint density at radius 3 is 2.60 bits per heavy atom. The molecule has 0 amide bonds. The van der Waals surface area contributed by atoms with Crippen LogP contribution < -0.4 is 0 Å². The highest BCUT2D eigenvalue weighted by molar-refractivity contribution is 8.00. The second kappa shape index (κ2) is 7.53. The van der Waals surface area contributed by atoms with Crippen LogP contribution in [0.25, 0.3) is 0 Å². The number of thioether (sulfide) groups is 1. The number of cyclic esters (lactones) is 1. The Hall–Kier alpha value is -1.22. The van der Waals surface area contributed by atoms with E-state index in [4.69, 9.17) is 4.74 Å². The third-order valence-electron chi connectivity index (χ3n) is 3.41. The van der Waals surface area contributed by atoms with Crippen molar-refractivity contribution in [3.05, 3.63) is 41.5 Å². The molecule has 1 aliphatic heterocycles. The van der Waals surface area contributed by atoms with Crippen molar-refractivity contribution in [2.75, 3.05) is 0 Å². The molecule has 0 radical (unpaired) electrons. The van der Waals surface area contributed by atoms with E-state index >= 15 is 0 Å². The van der Waals surface area contributed by atoms with Crippen molar-refractivity contribution in [2.45, 2.75) is 56.3 Å². The molecule has 1 aromatic carbocycles. The van der Waals surface area contributed by atoms with Gasteiger partial charge in [0, 0.05) is 11.0 Å². The van der Waals surface area contributed by atoms with E-state index in [9.17, 15) is 4.79 Å². The lowest BCUT2D eigenvalue weighted by atomic mass is 10.1. The van der Waals surface area contributed by atoms with Crippen molar-refractivity contribution >= 4 is 17.7 Å². The van der Waals surface area contributed by atoms with Crippen LogP contribution in [0.5, 0.6) is 0 Å². The first-order chi connectivity index (χ1) is 9.69. The van der Waals surface area contributed by atoms with Gasteiger partial charge in [0.05, 0.1) is 0 Å². The summed E-state index contributed by atoms with van der Waals surface area (Å²) in [5, 5.41) is 0. The van der Waals surface area contributed by atoms with Crippen LogP contribution in [-0.2, 0) is 9.53 Å². The zero-order valence-electron chi connectivity index (χ0n) is 12.2. The van der Waals surface area contributed by atoms with Crippen LogP contribution >= 0.6 is 11.8 Å². The highest BCUT2D eigenvalue weighted by Gasteiger charge is 2.26. The molecule has 1 heterocycles. The second-order valence-electron chi connectivity index (χ2n) is 5.23. The molecule has 0 fully saturated rings. The Morgan fingerprint density at radius 2 is 1.90 bits per heavy atom. The minimum Gasteiger partial charge on any atom is -0.443 e. The smallest absolute Gasteiger partial charge is 0.332 e. The van der Waals surface area contributed by atoms with Gasteiger partial charge in [-0.25, -0.2) is 4.79 Å². The minimum absolute atomic E-state index is 0.133.